The molecular weight excluding hydrogens is 266 g/mol. The lowest BCUT2D eigenvalue weighted by Gasteiger charge is -2.06. The summed E-state index contributed by atoms with van der Waals surface area (Å²) in [6, 6.07) is 0. The van der Waals surface area contributed by atoms with Crippen LogP contribution in [-0.2, 0) is 18.4 Å². The van der Waals surface area contributed by atoms with E-state index in [-0.39, 0.29) is 5.91 Å². The maximum atomic E-state index is 11.8. The predicted octanol–water partition coefficient (Wildman–Crippen LogP) is 1.92. The Morgan fingerprint density at radius 2 is 2.05 bits per heavy atom. The number of aromatic nitrogens is 4. The van der Waals surface area contributed by atoms with E-state index in [1.165, 1.54) is 0 Å². The van der Waals surface area contributed by atoms with E-state index in [9.17, 15) is 4.79 Å². The van der Waals surface area contributed by atoms with Crippen molar-refractivity contribution in [2.24, 2.45) is 7.05 Å². The van der Waals surface area contributed by atoms with E-state index in [1.54, 1.807) is 21.8 Å². The predicted molar refractivity (Wildman–Crippen MR) is 73.2 cm³/mol. The molecule has 2 heterocycles. The zero-order valence-electron chi connectivity index (χ0n) is 11.1. The van der Waals surface area contributed by atoms with Gasteiger partial charge in [-0.1, -0.05) is 11.6 Å². The molecule has 2 aromatic heterocycles. The third kappa shape index (κ3) is 2.96. The standard InChI is InChI=1S/C12H16ClN5O/c1-8-10(13)6-15-18(8)5-4-12(19)16-11-7-14-17(3)9(11)2/h6-7H,4-5H2,1-3H3,(H,16,19). The summed E-state index contributed by atoms with van der Waals surface area (Å²) in [7, 11) is 1.83. The summed E-state index contributed by atoms with van der Waals surface area (Å²) in [5.41, 5.74) is 2.53. The molecule has 0 bridgehead atoms. The van der Waals surface area contributed by atoms with Gasteiger partial charge < -0.3 is 5.32 Å². The number of carbonyl (C=O) groups is 1. The first-order valence-electron chi connectivity index (χ1n) is 5.95. The maximum absolute atomic E-state index is 11.8. The smallest absolute Gasteiger partial charge is 0.226 e. The summed E-state index contributed by atoms with van der Waals surface area (Å²) in [4.78, 5) is 11.8. The lowest BCUT2D eigenvalue weighted by Crippen LogP contribution is -2.16. The highest BCUT2D eigenvalue weighted by molar-refractivity contribution is 6.31. The second-order valence-electron chi connectivity index (χ2n) is 4.37. The number of halogens is 1. The van der Waals surface area contributed by atoms with E-state index in [2.05, 4.69) is 15.5 Å². The summed E-state index contributed by atoms with van der Waals surface area (Å²) >= 11 is 5.90. The third-order valence-corrected chi connectivity index (χ3v) is 3.47. The maximum Gasteiger partial charge on any atom is 0.226 e. The molecule has 0 aromatic carbocycles. The van der Waals surface area contributed by atoms with Crippen LogP contribution in [0.15, 0.2) is 12.4 Å². The highest BCUT2D eigenvalue weighted by Gasteiger charge is 2.10. The normalized spacial score (nSPS) is 10.7. The molecule has 0 saturated carbocycles. The number of aryl methyl sites for hydroxylation is 2. The van der Waals surface area contributed by atoms with Gasteiger partial charge >= 0.3 is 0 Å². The first-order valence-corrected chi connectivity index (χ1v) is 6.33. The van der Waals surface area contributed by atoms with Crippen LogP contribution >= 0.6 is 11.6 Å². The topological polar surface area (TPSA) is 64.7 Å². The summed E-state index contributed by atoms with van der Waals surface area (Å²) in [6.45, 7) is 4.28. The number of amides is 1. The Labute approximate surface area is 116 Å². The molecule has 0 unspecified atom stereocenters. The zero-order valence-corrected chi connectivity index (χ0v) is 11.9. The Morgan fingerprint density at radius 1 is 1.32 bits per heavy atom. The van der Waals surface area contributed by atoms with Crippen molar-refractivity contribution in [1.82, 2.24) is 19.6 Å². The number of nitrogens with one attached hydrogen (secondary N) is 1. The Kier molecular flexibility index (Phi) is 3.90. The molecule has 1 amide bonds. The fraction of sp³-hybridized carbons (Fsp3) is 0.417. The average Bonchev–Trinajstić information content (AvgIpc) is 2.86. The number of nitrogens with zero attached hydrogens (tertiary/aromatic N) is 4. The van der Waals surface area contributed by atoms with Gasteiger partial charge in [0.1, 0.15) is 0 Å². The Balaban J connectivity index is 1.92. The average molecular weight is 282 g/mol. The lowest BCUT2D eigenvalue weighted by molar-refractivity contribution is -0.116. The molecule has 0 aliphatic carbocycles. The molecule has 0 aliphatic heterocycles. The van der Waals surface area contributed by atoms with Gasteiger partial charge in [-0.3, -0.25) is 14.2 Å². The molecule has 0 spiro atoms. The van der Waals surface area contributed by atoms with Crippen LogP contribution in [0.3, 0.4) is 0 Å². The molecule has 19 heavy (non-hydrogen) atoms. The van der Waals surface area contributed by atoms with E-state index in [0.717, 1.165) is 17.1 Å². The number of hydrogen-bond acceptors (Lipinski definition) is 3. The number of anilines is 1. The summed E-state index contributed by atoms with van der Waals surface area (Å²) in [6.07, 6.45) is 3.57. The van der Waals surface area contributed by atoms with Crippen molar-refractivity contribution < 1.29 is 4.79 Å². The van der Waals surface area contributed by atoms with Crippen LogP contribution < -0.4 is 5.32 Å². The van der Waals surface area contributed by atoms with Gasteiger partial charge in [-0.05, 0) is 13.8 Å². The number of rotatable bonds is 4. The summed E-state index contributed by atoms with van der Waals surface area (Å²) in [5.74, 6) is -0.0675. The molecule has 0 saturated heterocycles. The van der Waals surface area contributed by atoms with E-state index in [1.807, 2.05) is 20.9 Å². The highest BCUT2D eigenvalue weighted by Crippen LogP contribution is 2.15. The van der Waals surface area contributed by atoms with Crippen molar-refractivity contribution >= 4 is 23.2 Å². The van der Waals surface area contributed by atoms with E-state index < -0.39 is 0 Å². The van der Waals surface area contributed by atoms with Gasteiger partial charge in [0.05, 0.1) is 41.0 Å². The monoisotopic (exact) mass is 281 g/mol. The third-order valence-electron chi connectivity index (χ3n) is 3.10. The minimum atomic E-state index is -0.0675. The van der Waals surface area contributed by atoms with E-state index in [0.29, 0.717) is 18.0 Å². The molecule has 0 atom stereocenters. The molecule has 0 radical (unpaired) electrons. The van der Waals surface area contributed by atoms with Crippen molar-refractivity contribution in [3.8, 4) is 0 Å². The van der Waals surface area contributed by atoms with E-state index >= 15 is 0 Å². The Morgan fingerprint density at radius 3 is 2.58 bits per heavy atom. The number of carbonyl (C=O) groups excluding carboxylic acids is 1. The first-order chi connectivity index (χ1) is 8.99. The zero-order chi connectivity index (χ0) is 14.0. The summed E-state index contributed by atoms with van der Waals surface area (Å²) < 4.78 is 3.44. The molecule has 6 nitrogen and oxygen atoms in total. The summed E-state index contributed by atoms with van der Waals surface area (Å²) in [5, 5.41) is 11.6. The lowest BCUT2D eigenvalue weighted by atomic mass is 10.3. The molecule has 0 fully saturated rings. The van der Waals surface area contributed by atoms with Crippen LogP contribution in [0.25, 0.3) is 0 Å². The minimum Gasteiger partial charge on any atom is -0.323 e. The first kappa shape index (κ1) is 13.6. The van der Waals surface area contributed by atoms with Crippen molar-refractivity contribution in [1.29, 1.82) is 0 Å². The molecule has 2 rings (SSSR count). The number of hydrogen-bond donors (Lipinski definition) is 1. The van der Waals surface area contributed by atoms with Crippen molar-refractivity contribution in [3.05, 3.63) is 28.8 Å². The van der Waals surface area contributed by atoms with Crippen molar-refractivity contribution in [2.75, 3.05) is 5.32 Å². The fourth-order valence-electron chi connectivity index (χ4n) is 1.69. The molecule has 0 aliphatic rings. The second kappa shape index (κ2) is 5.44. The fourth-order valence-corrected chi connectivity index (χ4v) is 1.83. The van der Waals surface area contributed by atoms with Crippen LogP contribution in [0, 0.1) is 13.8 Å². The van der Waals surface area contributed by atoms with Gasteiger partial charge in [-0.15, -0.1) is 0 Å². The van der Waals surface area contributed by atoms with Gasteiger partial charge in [0.25, 0.3) is 0 Å². The molecule has 102 valence electrons. The van der Waals surface area contributed by atoms with Gasteiger partial charge in [-0.25, -0.2) is 0 Å². The van der Waals surface area contributed by atoms with Gasteiger partial charge in [0.2, 0.25) is 5.91 Å². The van der Waals surface area contributed by atoms with Gasteiger partial charge in [0.15, 0.2) is 0 Å². The van der Waals surface area contributed by atoms with Crippen LogP contribution in [-0.4, -0.2) is 25.5 Å². The van der Waals surface area contributed by atoms with Crippen LogP contribution in [0.5, 0.6) is 0 Å². The van der Waals surface area contributed by atoms with Gasteiger partial charge in [0, 0.05) is 13.5 Å². The van der Waals surface area contributed by atoms with E-state index in [4.69, 9.17) is 11.6 Å². The second-order valence-corrected chi connectivity index (χ2v) is 4.77. The largest absolute Gasteiger partial charge is 0.323 e. The van der Waals surface area contributed by atoms with Gasteiger partial charge in [-0.2, -0.15) is 10.2 Å². The molecule has 2 aromatic rings. The molecular formula is C12H16ClN5O. The minimum absolute atomic E-state index is 0.0675. The highest BCUT2D eigenvalue weighted by atomic mass is 35.5. The Hall–Kier alpha value is -1.82. The van der Waals surface area contributed by atoms with Crippen molar-refractivity contribution in [2.45, 2.75) is 26.8 Å². The quantitative estimate of drug-likeness (QED) is 0.931. The van der Waals surface area contributed by atoms with Crippen LogP contribution in [0.4, 0.5) is 5.69 Å². The molecule has 7 heteroatoms. The van der Waals surface area contributed by atoms with Crippen molar-refractivity contribution in [3.63, 3.8) is 0 Å². The SMILES string of the molecule is Cc1c(NC(=O)CCn2ncc(Cl)c2C)cnn1C. The van der Waals surface area contributed by atoms with Crippen LogP contribution in [0.2, 0.25) is 5.02 Å². The van der Waals surface area contributed by atoms with Crippen LogP contribution in [0.1, 0.15) is 17.8 Å². The Bertz CT molecular complexity index is 601. The molecule has 1 N–H and O–H groups in total.